The second kappa shape index (κ2) is 9.86. The van der Waals surface area contributed by atoms with Crippen LogP contribution in [0.1, 0.15) is 11.1 Å². The number of hydrazone groups is 1. The number of halogens is 3. The molecular formula is C19H13Cl2IN4O3. The molecule has 3 rings (SSSR count). The topological polar surface area (TPSA) is 89.7 Å². The second-order valence-corrected chi connectivity index (χ2v) is 7.79. The number of hydrogen-bond acceptors (Lipinski definition) is 6. The number of hydrogen-bond donors (Lipinski definition) is 1. The van der Waals surface area contributed by atoms with Gasteiger partial charge in [-0.1, -0.05) is 35.3 Å². The van der Waals surface area contributed by atoms with Gasteiger partial charge in [0.1, 0.15) is 6.61 Å². The molecule has 3 aromatic rings. The van der Waals surface area contributed by atoms with Gasteiger partial charge in [-0.2, -0.15) is 5.10 Å². The SMILES string of the molecule is O=[N+]([O-])c1cccnc1N/N=C\c1cc(Cl)c(OCc2ccc(I)cc2)c(Cl)c1. The third kappa shape index (κ3) is 5.78. The molecule has 0 aliphatic carbocycles. The van der Waals surface area contributed by atoms with E-state index < -0.39 is 4.92 Å². The van der Waals surface area contributed by atoms with E-state index in [2.05, 4.69) is 38.1 Å². The molecule has 0 spiro atoms. The normalized spacial score (nSPS) is 10.9. The summed E-state index contributed by atoms with van der Waals surface area (Å²) in [4.78, 5) is 14.3. The molecule has 1 heterocycles. The summed E-state index contributed by atoms with van der Waals surface area (Å²) in [6, 6.07) is 14.0. The molecule has 0 bridgehead atoms. The number of benzene rings is 2. The summed E-state index contributed by atoms with van der Waals surface area (Å²) >= 11 is 14.8. The van der Waals surface area contributed by atoms with Crippen molar-refractivity contribution in [1.29, 1.82) is 0 Å². The Labute approximate surface area is 190 Å². The van der Waals surface area contributed by atoms with E-state index in [4.69, 9.17) is 27.9 Å². The van der Waals surface area contributed by atoms with E-state index in [-0.39, 0.29) is 11.5 Å². The van der Waals surface area contributed by atoms with E-state index in [0.29, 0.717) is 28.0 Å². The number of nitrogens with zero attached hydrogens (tertiary/aromatic N) is 3. The maximum Gasteiger partial charge on any atom is 0.313 e. The maximum absolute atomic E-state index is 11.0. The van der Waals surface area contributed by atoms with Gasteiger partial charge in [-0.25, -0.2) is 4.98 Å². The van der Waals surface area contributed by atoms with Crippen molar-refractivity contribution >= 4 is 63.5 Å². The van der Waals surface area contributed by atoms with E-state index in [9.17, 15) is 10.1 Å². The van der Waals surface area contributed by atoms with Crippen molar-refractivity contribution in [2.24, 2.45) is 5.10 Å². The van der Waals surface area contributed by atoms with Crippen LogP contribution in [0.2, 0.25) is 10.0 Å². The van der Waals surface area contributed by atoms with E-state index in [1.54, 1.807) is 12.1 Å². The lowest BCUT2D eigenvalue weighted by molar-refractivity contribution is -0.384. The van der Waals surface area contributed by atoms with Crippen molar-refractivity contribution in [1.82, 2.24) is 4.98 Å². The molecule has 7 nitrogen and oxygen atoms in total. The summed E-state index contributed by atoms with van der Waals surface area (Å²) in [5.41, 5.74) is 3.95. The highest BCUT2D eigenvalue weighted by atomic mass is 127. The van der Waals surface area contributed by atoms with Crippen LogP contribution in [0.4, 0.5) is 11.5 Å². The summed E-state index contributed by atoms with van der Waals surface area (Å²) in [5.74, 6) is 0.403. The van der Waals surface area contributed by atoms with E-state index in [0.717, 1.165) is 9.13 Å². The largest absolute Gasteiger partial charge is 0.486 e. The van der Waals surface area contributed by atoms with Crippen molar-refractivity contribution in [3.05, 3.63) is 89.6 Å². The quantitative estimate of drug-likeness (QED) is 0.173. The molecule has 0 saturated heterocycles. The van der Waals surface area contributed by atoms with Crippen molar-refractivity contribution in [3.63, 3.8) is 0 Å². The molecule has 2 aromatic carbocycles. The maximum atomic E-state index is 11.0. The predicted molar refractivity (Wildman–Crippen MR) is 122 cm³/mol. The zero-order valence-corrected chi connectivity index (χ0v) is 18.4. The molecule has 0 atom stereocenters. The summed E-state index contributed by atoms with van der Waals surface area (Å²) in [6.07, 6.45) is 2.86. The Kier molecular flexibility index (Phi) is 7.24. The average molecular weight is 543 g/mol. The van der Waals surface area contributed by atoms with Gasteiger partial charge in [0.05, 0.1) is 21.2 Å². The van der Waals surface area contributed by atoms with Gasteiger partial charge >= 0.3 is 5.69 Å². The first kappa shape index (κ1) is 21.3. The molecule has 29 heavy (non-hydrogen) atoms. The molecule has 1 N–H and O–H groups in total. The Hall–Kier alpha value is -2.43. The number of anilines is 1. The molecule has 0 saturated carbocycles. The first-order valence-corrected chi connectivity index (χ1v) is 10.0. The first-order chi connectivity index (χ1) is 13.9. The van der Waals surface area contributed by atoms with Crippen molar-refractivity contribution < 1.29 is 9.66 Å². The molecule has 0 unspecified atom stereocenters. The number of ether oxygens (including phenoxy) is 1. The molecular weight excluding hydrogens is 530 g/mol. The Morgan fingerprint density at radius 1 is 1.21 bits per heavy atom. The smallest absolute Gasteiger partial charge is 0.313 e. The third-order valence-electron chi connectivity index (χ3n) is 3.68. The fraction of sp³-hybridized carbons (Fsp3) is 0.0526. The molecule has 1 aromatic heterocycles. The monoisotopic (exact) mass is 542 g/mol. The number of aromatic nitrogens is 1. The Balaban J connectivity index is 1.69. The molecule has 0 radical (unpaired) electrons. The fourth-order valence-corrected chi connectivity index (χ4v) is 3.30. The van der Waals surface area contributed by atoms with E-state index in [1.807, 2.05) is 24.3 Å². The van der Waals surface area contributed by atoms with Crippen LogP contribution in [0.25, 0.3) is 0 Å². The molecule has 0 amide bonds. The van der Waals surface area contributed by atoms with Crippen LogP contribution in [-0.2, 0) is 6.61 Å². The Morgan fingerprint density at radius 2 is 1.90 bits per heavy atom. The minimum atomic E-state index is -0.543. The zero-order valence-electron chi connectivity index (χ0n) is 14.7. The highest BCUT2D eigenvalue weighted by Gasteiger charge is 2.13. The average Bonchev–Trinajstić information content (AvgIpc) is 2.69. The minimum absolute atomic E-state index is 0.0309. The van der Waals surface area contributed by atoms with Crippen LogP contribution in [0.3, 0.4) is 0 Å². The lowest BCUT2D eigenvalue weighted by Crippen LogP contribution is -1.99. The van der Waals surface area contributed by atoms with Gasteiger partial charge in [0.15, 0.2) is 5.75 Å². The zero-order chi connectivity index (χ0) is 20.8. The van der Waals surface area contributed by atoms with Crippen LogP contribution in [-0.4, -0.2) is 16.1 Å². The van der Waals surface area contributed by atoms with Crippen LogP contribution < -0.4 is 10.2 Å². The van der Waals surface area contributed by atoms with E-state index in [1.165, 1.54) is 24.5 Å². The highest BCUT2D eigenvalue weighted by molar-refractivity contribution is 14.1. The van der Waals surface area contributed by atoms with Gasteiger partial charge < -0.3 is 4.74 Å². The summed E-state index contributed by atoms with van der Waals surface area (Å²) < 4.78 is 6.89. The second-order valence-electron chi connectivity index (χ2n) is 5.73. The molecule has 0 aliphatic rings. The summed E-state index contributed by atoms with van der Waals surface area (Å²) in [6.45, 7) is 0.328. The molecule has 148 valence electrons. The summed E-state index contributed by atoms with van der Waals surface area (Å²) in [7, 11) is 0. The highest BCUT2D eigenvalue weighted by Crippen LogP contribution is 2.34. The van der Waals surface area contributed by atoms with Crippen molar-refractivity contribution in [2.45, 2.75) is 6.61 Å². The standard InChI is InChI=1S/C19H13Cl2IN4O3/c20-15-8-13(10-24-25-19-17(26(27)28)2-1-7-23-19)9-16(21)18(15)29-11-12-3-5-14(22)6-4-12/h1-10H,11H2,(H,23,25)/b24-10-. The van der Waals surface area contributed by atoms with Gasteiger partial charge in [0.2, 0.25) is 5.82 Å². The Bertz CT molecular complexity index is 1040. The minimum Gasteiger partial charge on any atom is -0.486 e. The molecule has 10 heteroatoms. The van der Waals surface area contributed by atoms with E-state index >= 15 is 0 Å². The predicted octanol–water partition coefficient (Wildman–Crippen LogP) is 5.93. The van der Waals surface area contributed by atoms with Gasteiger partial charge in [-0.3, -0.25) is 15.5 Å². The number of nitrogens with one attached hydrogen (secondary N) is 1. The number of nitro groups is 1. The van der Waals surface area contributed by atoms with Gasteiger partial charge in [-0.15, -0.1) is 0 Å². The number of rotatable bonds is 7. The molecule has 0 fully saturated rings. The van der Waals surface area contributed by atoms with Crippen molar-refractivity contribution in [3.8, 4) is 5.75 Å². The van der Waals surface area contributed by atoms with Gasteiger partial charge in [-0.05, 0) is 64.0 Å². The third-order valence-corrected chi connectivity index (χ3v) is 4.96. The van der Waals surface area contributed by atoms with Crippen molar-refractivity contribution in [2.75, 3.05) is 5.43 Å². The van der Waals surface area contributed by atoms with Gasteiger partial charge in [0.25, 0.3) is 0 Å². The lowest BCUT2D eigenvalue weighted by atomic mass is 10.2. The first-order valence-electron chi connectivity index (χ1n) is 8.19. The Morgan fingerprint density at radius 3 is 2.55 bits per heavy atom. The summed E-state index contributed by atoms with van der Waals surface area (Å²) in [5, 5.41) is 15.6. The van der Waals surface area contributed by atoms with Crippen LogP contribution in [0.15, 0.2) is 59.8 Å². The number of pyridine rings is 1. The van der Waals surface area contributed by atoms with Crippen LogP contribution >= 0.6 is 45.8 Å². The van der Waals surface area contributed by atoms with Crippen LogP contribution in [0.5, 0.6) is 5.75 Å². The van der Waals surface area contributed by atoms with Gasteiger partial charge in [0, 0.05) is 15.8 Å². The fourth-order valence-electron chi connectivity index (χ4n) is 2.33. The molecule has 0 aliphatic heterocycles. The van der Waals surface area contributed by atoms with Crippen LogP contribution in [0, 0.1) is 13.7 Å². The lowest BCUT2D eigenvalue weighted by Gasteiger charge is -2.11.